The van der Waals surface area contributed by atoms with Crippen molar-refractivity contribution in [3.05, 3.63) is 29.6 Å². The van der Waals surface area contributed by atoms with Gasteiger partial charge in [0.15, 0.2) is 0 Å². The minimum atomic E-state index is -3.77. The van der Waals surface area contributed by atoms with E-state index in [0.717, 1.165) is 37.8 Å². The Labute approximate surface area is 119 Å². The van der Waals surface area contributed by atoms with Gasteiger partial charge in [-0.3, -0.25) is 0 Å². The van der Waals surface area contributed by atoms with Crippen molar-refractivity contribution in [3.63, 3.8) is 0 Å². The fraction of sp³-hybridized carbons (Fsp3) is 0.571. The number of hydrogen-bond donors (Lipinski definition) is 2. The van der Waals surface area contributed by atoms with Crippen molar-refractivity contribution in [2.45, 2.75) is 50.1 Å². The second-order valence-electron chi connectivity index (χ2n) is 5.15. The van der Waals surface area contributed by atoms with Gasteiger partial charge in [0.2, 0.25) is 10.0 Å². The van der Waals surface area contributed by atoms with Crippen molar-refractivity contribution < 1.29 is 12.8 Å². The second kappa shape index (κ2) is 6.65. The van der Waals surface area contributed by atoms with Crippen molar-refractivity contribution >= 4 is 10.0 Å². The summed E-state index contributed by atoms with van der Waals surface area (Å²) in [5, 5.41) is 3.10. The summed E-state index contributed by atoms with van der Waals surface area (Å²) >= 11 is 0. The molecule has 0 aliphatic heterocycles. The summed E-state index contributed by atoms with van der Waals surface area (Å²) in [7, 11) is -3.77. The summed E-state index contributed by atoms with van der Waals surface area (Å²) in [5.41, 5.74) is 0.764. The maximum absolute atomic E-state index is 13.8. The van der Waals surface area contributed by atoms with Crippen LogP contribution in [0.15, 0.2) is 23.1 Å². The van der Waals surface area contributed by atoms with Crippen molar-refractivity contribution in [2.75, 3.05) is 6.54 Å². The van der Waals surface area contributed by atoms with Crippen LogP contribution in [-0.4, -0.2) is 21.0 Å². The molecule has 6 heteroatoms. The molecule has 4 nitrogen and oxygen atoms in total. The maximum Gasteiger partial charge on any atom is 0.243 e. The van der Waals surface area contributed by atoms with E-state index in [-0.39, 0.29) is 10.9 Å². The Morgan fingerprint density at radius 2 is 2.00 bits per heavy atom. The quantitative estimate of drug-likeness (QED) is 0.846. The standard InChI is InChI=1S/C14H21FN2O2S/c1-2-16-10-11-7-8-13(15)14(9-11)20(18,19)17-12-5-3-4-6-12/h7-9,12,16-17H,2-6,10H2,1H3. The monoisotopic (exact) mass is 300 g/mol. The highest BCUT2D eigenvalue weighted by atomic mass is 32.2. The average molecular weight is 300 g/mol. The van der Waals surface area contributed by atoms with Crippen LogP contribution in [0.25, 0.3) is 0 Å². The van der Waals surface area contributed by atoms with E-state index in [0.29, 0.717) is 6.54 Å². The molecule has 0 unspecified atom stereocenters. The minimum Gasteiger partial charge on any atom is -0.313 e. The van der Waals surface area contributed by atoms with Gasteiger partial charge in [0.25, 0.3) is 0 Å². The summed E-state index contributed by atoms with van der Waals surface area (Å²) in [5.74, 6) is -0.698. The number of hydrogen-bond acceptors (Lipinski definition) is 3. The summed E-state index contributed by atoms with van der Waals surface area (Å²) in [4.78, 5) is -0.250. The zero-order chi connectivity index (χ0) is 14.6. The van der Waals surface area contributed by atoms with Crippen LogP contribution in [-0.2, 0) is 16.6 Å². The lowest BCUT2D eigenvalue weighted by atomic mass is 10.2. The number of nitrogens with one attached hydrogen (secondary N) is 2. The molecule has 1 aliphatic carbocycles. The largest absolute Gasteiger partial charge is 0.313 e. The van der Waals surface area contributed by atoms with Gasteiger partial charge in [-0.2, -0.15) is 0 Å². The molecule has 0 radical (unpaired) electrons. The highest BCUT2D eigenvalue weighted by Crippen LogP contribution is 2.22. The normalized spacial score (nSPS) is 16.7. The molecule has 0 saturated heterocycles. The van der Waals surface area contributed by atoms with E-state index < -0.39 is 15.8 Å². The fourth-order valence-corrected chi connectivity index (χ4v) is 3.89. The Balaban J connectivity index is 2.20. The Morgan fingerprint density at radius 1 is 1.30 bits per heavy atom. The zero-order valence-electron chi connectivity index (χ0n) is 11.7. The van der Waals surface area contributed by atoms with Gasteiger partial charge in [-0.05, 0) is 37.1 Å². The summed E-state index contributed by atoms with van der Waals surface area (Å²) in [6.07, 6.45) is 3.71. The third-order valence-corrected chi connectivity index (χ3v) is 5.08. The first-order valence-electron chi connectivity index (χ1n) is 7.04. The molecule has 1 aromatic rings. The maximum atomic E-state index is 13.8. The van der Waals surface area contributed by atoms with E-state index in [9.17, 15) is 12.8 Å². The lowest BCUT2D eigenvalue weighted by molar-refractivity contribution is 0.536. The number of halogens is 1. The molecule has 1 aliphatic rings. The van der Waals surface area contributed by atoms with E-state index in [2.05, 4.69) is 10.0 Å². The first kappa shape index (κ1) is 15.4. The minimum absolute atomic E-state index is 0.0585. The predicted octanol–water partition coefficient (Wildman–Crippen LogP) is 2.16. The van der Waals surface area contributed by atoms with Gasteiger partial charge in [0, 0.05) is 12.6 Å². The highest BCUT2D eigenvalue weighted by Gasteiger charge is 2.25. The third-order valence-electron chi connectivity index (χ3n) is 3.54. The van der Waals surface area contributed by atoms with Crippen molar-refractivity contribution in [2.24, 2.45) is 0 Å². The summed E-state index contributed by atoms with van der Waals surface area (Å²) in [6, 6.07) is 4.18. The molecule has 0 heterocycles. The van der Waals surface area contributed by atoms with Gasteiger partial charge < -0.3 is 5.32 Å². The molecule has 1 aromatic carbocycles. The molecule has 20 heavy (non-hydrogen) atoms. The van der Waals surface area contributed by atoms with Crippen LogP contribution >= 0.6 is 0 Å². The lowest BCUT2D eigenvalue weighted by Crippen LogP contribution is -2.33. The molecule has 0 amide bonds. The Bertz CT molecular complexity index is 554. The Hall–Kier alpha value is -0.980. The fourth-order valence-electron chi connectivity index (χ4n) is 2.46. The Kier molecular flexibility index (Phi) is 5.12. The smallest absolute Gasteiger partial charge is 0.243 e. The van der Waals surface area contributed by atoms with Crippen molar-refractivity contribution in [3.8, 4) is 0 Å². The SMILES string of the molecule is CCNCc1ccc(F)c(S(=O)(=O)NC2CCCC2)c1. The van der Waals surface area contributed by atoms with Gasteiger partial charge in [0.05, 0.1) is 0 Å². The third kappa shape index (κ3) is 3.77. The van der Waals surface area contributed by atoms with E-state index in [1.165, 1.54) is 12.1 Å². The average Bonchev–Trinajstić information content (AvgIpc) is 2.89. The van der Waals surface area contributed by atoms with Gasteiger partial charge >= 0.3 is 0 Å². The van der Waals surface area contributed by atoms with Crippen LogP contribution in [0.5, 0.6) is 0 Å². The molecule has 0 atom stereocenters. The Morgan fingerprint density at radius 3 is 2.65 bits per heavy atom. The molecule has 0 aromatic heterocycles. The van der Waals surface area contributed by atoms with E-state index in [1.807, 2.05) is 6.92 Å². The van der Waals surface area contributed by atoms with Crippen LogP contribution in [0.1, 0.15) is 38.2 Å². The molecule has 1 fully saturated rings. The van der Waals surface area contributed by atoms with Gasteiger partial charge in [0.1, 0.15) is 10.7 Å². The summed E-state index contributed by atoms with van der Waals surface area (Å²) < 4.78 is 41.0. The highest BCUT2D eigenvalue weighted by molar-refractivity contribution is 7.89. The molecular weight excluding hydrogens is 279 g/mol. The molecule has 0 spiro atoms. The van der Waals surface area contributed by atoms with Crippen LogP contribution in [0, 0.1) is 5.82 Å². The van der Waals surface area contributed by atoms with Crippen LogP contribution in [0.2, 0.25) is 0 Å². The number of benzene rings is 1. The number of sulfonamides is 1. The zero-order valence-corrected chi connectivity index (χ0v) is 12.5. The second-order valence-corrected chi connectivity index (χ2v) is 6.83. The van der Waals surface area contributed by atoms with Gasteiger partial charge in [-0.25, -0.2) is 17.5 Å². The van der Waals surface area contributed by atoms with E-state index in [1.54, 1.807) is 6.07 Å². The van der Waals surface area contributed by atoms with Gasteiger partial charge in [-0.15, -0.1) is 0 Å². The van der Waals surface area contributed by atoms with Crippen LogP contribution < -0.4 is 10.0 Å². The molecule has 2 rings (SSSR count). The van der Waals surface area contributed by atoms with Crippen molar-refractivity contribution in [1.82, 2.24) is 10.0 Å². The van der Waals surface area contributed by atoms with E-state index >= 15 is 0 Å². The number of rotatable bonds is 6. The molecule has 1 saturated carbocycles. The molecular formula is C14H21FN2O2S. The first-order valence-corrected chi connectivity index (χ1v) is 8.52. The molecule has 0 bridgehead atoms. The molecule has 112 valence electrons. The van der Waals surface area contributed by atoms with Crippen LogP contribution in [0.4, 0.5) is 4.39 Å². The molecule has 2 N–H and O–H groups in total. The van der Waals surface area contributed by atoms with Crippen LogP contribution in [0.3, 0.4) is 0 Å². The van der Waals surface area contributed by atoms with Crippen molar-refractivity contribution in [1.29, 1.82) is 0 Å². The first-order chi connectivity index (χ1) is 9.53. The lowest BCUT2D eigenvalue weighted by Gasteiger charge is -2.14. The van der Waals surface area contributed by atoms with Gasteiger partial charge in [-0.1, -0.05) is 25.8 Å². The summed E-state index contributed by atoms with van der Waals surface area (Å²) in [6.45, 7) is 3.27. The predicted molar refractivity (Wildman–Crippen MR) is 76.4 cm³/mol. The van der Waals surface area contributed by atoms with E-state index in [4.69, 9.17) is 0 Å². The topological polar surface area (TPSA) is 58.2 Å².